The summed E-state index contributed by atoms with van der Waals surface area (Å²) in [7, 11) is -3.82. The van der Waals surface area contributed by atoms with E-state index in [2.05, 4.69) is 28.5 Å². The third kappa shape index (κ3) is 4.31. The van der Waals surface area contributed by atoms with Crippen molar-refractivity contribution in [1.29, 1.82) is 0 Å². The second-order valence-electron chi connectivity index (χ2n) is 7.79. The summed E-state index contributed by atoms with van der Waals surface area (Å²) in [5.41, 5.74) is 1.38. The van der Waals surface area contributed by atoms with Gasteiger partial charge in [-0.2, -0.15) is 0 Å². The number of hydrogen-bond acceptors (Lipinski definition) is 5. The molecule has 0 amide bonds. The number of anilines is 2. The van der Waals surface area contributed by atoms with Gasteiger partial charge in [0.2, 0.25) is 0 Å². The van der Waals surface area contributed by atoms with Crippen molar-refractivity contribution in [3.05, 3.63) is 53.6 Å². The molecule has 2 heterocycles. The van der Waals surface area contributed by atoms with Gasteiger partial charge in [0.15, 0.2) is 11.6 Å². The molecule has 0 spiro atoms. The van der Waals surface area contributed by atoms with Crippen LogP contribution >= 0.6 is 11.6 Å². The van der Waals surface area contributed by atoms with Gasteiger partial charge in [-0.15, -0.1) is 0 Å². The number of piperidine rings is 1. The van der Waals surface area contributed by atoms with Crippen LogP contribution in [0.3, 0.4) is 0 Å². The molecular formula is C21H23ClN4O2S. The molecule has 2 atom stereocenters. The molecule has 2 aromatic carbocycles. The Kier molecular flexibility index (Phi) is 5.36. The fraction of sp³-hybridized carbons (Fsp3) is 0.333. The lowest BCUT2D eigenvalue weighted by molar-refractivity contribution is 0.355. The summed E-state index contributed by atoms with van der Waals surface area (Å²) in [6.07, 6.45) is 1.14. The van der Waals surface area contributed by atoms with Crippen LogP contribution in [-0.2, 0) is 10.0 Å². The van der Waals surface area contributed by atoms with Gasteiger partial charge < -0.3 is 4.90 Å². The molecule has 3 aromatic rings. The van der Waals surface area contributed by atoms with Crippen LogP contribution in [0.4, 0.5) is 11.6 Å². The predicted molar refractivity (Wildman–Crippen MR) is 117 cm³/mol. The molecule has 1 saturated heterocycles. The van der Waals surface area contributed by atoms with Crippen LogP contribution in [0, 0.1) is 11.8 Å². The first-order chi connectivity index (χ1) is 13.8. The Morgan fingerprint density at radius 2 is 1.55 bits per heavy atom. The largest absolute Gasteiger partial charge is 0.353 e. The van der Waals surface area contributed by atoms with Gasteiger partial charge in [0.05, 0.1) is 15.9 Å². The van der Waals surface area contributed by atoms with Crippen molar-refractivity contribution in [2.45, 2.75) is 25.2 Å². The number of rotatable bonds is 4. The molecule has 0 aliphatic carbocycles. The molecule has 0 radical (unpaired) electrons. The van der Waals surface area contributed by atoms with Gasteiger partial charge in [-0.05, 0) is 54.7 Å². The Hall–Kier alpha value is -2.38. The quantitative estimate of drug-likeness (QED) is 0.656. The van der Waals surface area contributed by atoms with E-state index in [1.54, 1.807) is 12.1 Å². The van der Waals surface area contributed by atoms with Gasteiger partial charge in [-0.3, -0.25) is 4.72 Å². The molecule has 1 aromatic heterocycles. The average molecular weight is 431 g/mol. The number of para-hydroxylation sites is 2. The average Bonchev–Trinajstić information content (AvgIpc) is 2.66. The number of hydrogen-bond donors (Lipinski definition) is 1. The highest BCUT2D eigenvalue weighted by atomic mass is 35.5. The molecule has 152 valence electrons. The van der Waals surface area contributed by atoms with Crippen LogP contribution in [0.5, 0.6) is 0 Å². The molecule has 1 aliphatic heterocycles. The number of halogens is 1. The van der Waals surface area contributed by atoms with Crippen LogP contribution < -0.4 is 9.62 Å². The SMILES string of the molecule is C[C@@H]1C[C@@H](C)CN(c2nc3ccccc3nc2NS(=O)(=O)c2ccc(Cl)cc2)C1. The molecule has 1 fully saturated rings. The molecule has 0 bridgehead atoms. The van der Waals surface area contributed by atoms with E-state index < -0.39 is 10.0 Å². The van der Waals surface area contributed by atoms with Crippen LogP contribution in [0.2, 0.25) is 5.02 Å². The minimum absolute atomic E-state index is 0.128. The van der Waals surface area contributed by atoms with Crippen molar-refractivity contribution in [3.63, 3.8) is 0 Å². The van der Waals surface area contributed by atoms with Crippen molar-refractivity contribution in [2.75, 3.05) is 22.7 Å². The van der Waals surface area contributed by atoms with E-state index in [-0.39, 0.29) is 10.7 Å². The Morgan fingerprint density at radius 1 is 0.966 bits per heavy atom. The first-order valence-corrected chi connectivity index (χ1v) is 11.5. The third-order valence-electron chi connectivity index (χ3n) is 5.08. The summed E-state index contributed by atoms with van der Waals surface area (Å²) in [5.74, 6) is 1.81. The minimum atomic E-state index is -3.82. The number of aromatic nitrogens is 2. The van der Waals surface area contributed by atoms with Gasteiger partial charge >= 0.3 is 0 Å². The van der Waals surface area contributed by atoms with E-state index in [1.165, 1.54) is 12.1 Å². The smallest absolute Gasteiger partial charge is 0.263 e. The maximum atomic E-state index is 13.0. The molecule has 6 nitrogen and oxygen atoms in total. The van der Waals surface area contributed by atoms with Gasteiger partial charge in [0.1, 0.15) is 0 Å². The van der Waals surface area contributed by atoms with Crippen molar-refractivity contribution in [1.82, 2.24) is 9.97 Å². The third-order valence-corrected chi connectivity index (χ3v) is 6.68. The van der Waals surface area contributed by atoms with E-state index in [0.29, 0.717) is 28.2 Å². The highest BCUT2D eigenvalue weighted by molar-refractivity contribution is 7.92. The minimum Gasteiger partial charge on any atom is -0.353 e. The molecule has 8 heteroatoms. The molecule has 1 N–H and O–H groups in total. The number of benzene rings is 2. The number of fused-ring (bicyclic) bond motifs is 1. The van der Waals surface area contributed by atoms with Crippen molar-refractivity contribution >= 4 is 44.3 Å². The first-order valence-electron chi connectivity index (χ1n) is 9.62. The number of sulfonamides is 1. The highest BCUT2D eigenvalue weighted by Crippen LogP contribution is 2.32. The summed E-state index contributed by atoms with van der Waals surface area (Å²) < 4.78 is 28.6. The topological polar surface area (TPSA) is 75.2 Å². The highest BCUT2D eigenvalue weighted by Gasteiger charge is 2.27. The van der Waals surface area contributed by atoms with E-state index in [4.69, 9.17) is 16.6 Å². The van der Waals surface area contributed by atoms with E-state index >= 15 is 0 Å². The van der Waals surface area contributed by atoms with Gasteiger partial charge in [0.25, 0.3) is 10.0 Å². The van der Waals surface area contributed by atoms with Crippen LogP contribution in [-0.4, -0.2) is 31.5 Å². The standard InChI is InChI=1S/C21H23ClN4O2S/c1-14-11-15(2)13-26(12-14)21-20(23-18-5-3-4-6-19(18)24-21)25-29(27,28)17-9-7-16(22)8-10-17/h3-10,14-15H,11-13H2,1-2H3,(H,23,25)/t14-,15-/m1/s1. The summed E-state index contributed by atoms with van der Waals surface area (Å²) in [6.45, 7) is 6.03. The Bertz CT molecular complexity index is 1130. The summed E-state index contributed by atoms with van der Waals surface area (Å²) in [4.78, 5) is 11.6. The second-order valence-corrected chi connectivity index (χ2v) is 9.91. The zero-order chi connectivity index (χ0) is 20.6. The molecular weight excluding hydrogens is 408 g/mol. The monoisotopic (exact) mass is 430 g/mol. The van der Waals surface area contributed by atoms with E-state index in [9.17, 15) is 8.42 Å². The van der Waals surface area contributed by atoms with E-state index in [0.717, 1.165) is 25.0 Å². The molecule has 0 saturated carbocycles. The molecule has 1 aliphatic rings. The fourth-order valence-electron chi connectivity index (χ4n) is 3.92. The fourth-order valence-corrected chi connectivity index (χ4v) is 5.05. The molecule has 29 heavy (non-hydrogen) atoms. The predicted octanol–water partition coefficient (Wildman–Crippen LogP) is 4.57. The van der Waals surface area contributed by atoms with Crippen LogP contribution in [0.15, 0.2) is 53.4 Å². The Labute approximate surface area is 176 Å². The zero-order valence-electron chi connectivity index (χ0n) is 16.3. The van der Waals surface area contributed by atoms with Crippen molar-refractivity contribution < 1.29 is 8.42 Å². The zero-order valence-corrected chi connectivity index (χ0v) is 17.9. The lowest BCUT2D eigenvalue weighted by atomic mass is 9.92. The summed E-state index contributed by atoms with van der Waals surface area (Å²) >= 11 is 5.90. The summed E-state index contributed by atoms with van der Waals surface area (Å²) in [6, 6.07) is 13.5. The van der Waals surface area contributed by atoms with Crippen molar-refractivity contribution in [2.24, 2.45) is 11.8 Å². The first kappa shape index (κ1) is 19.9. The molecule has 0 unspecified atom stereocenters. The Morgan fingerprint density at radius 3 is 2.17 bits per heavy atom. The van der Waals surface area contributed by atoms with Crippen LogP contribution in [0.25, 0.3) is 11.0 Å². The maximum Gasteiger partial charge on any atom is 0.263 e. The van der Waals surface area contributed by atoms with Gasteiger partial charge in [-0.25, -0.2) is 18.4 Å². The van der Waals surface area contributed by atoms with Crippen LogP contribution in [0.1, 0.15) is 20.3 Å². The van der Waals surface area contributed by atoms with E-state index in [1.807, 2.05) is 24.3 Å². The summed E-state index contributed by atoms with van der Waals surface area (Å²) in [5, 5.41) is 0.478. The molecule has 4 rings (SSSR count). The number of nitrogens with zero attached hydrogens (tertiary/aromatic N) is 3. The normalized spacial score (nSPS) is 20.0. The van der Waals surface area contributed by atoms with Crippen molar-refractivity contribution in [3.8, 4) is 0 Å². The second kappa shape index (κ2) is 7.80. The van der Waals surface area contributed by atoms with Gasteiger partial charge in [0, 0.05) is 18.1 Å². The lowest BCUT2D eigenvalue weighted by Gasteiger charge is -2.36. The lowest BCUT2D eigenvalue weighted by Crippen LogP contribution is -2.39. The number of nitrogens with one attached hydrogen (secondary N) is 1. The van der Waals surface area contributed by atoms with Gasteiger partial charge in [-0.1, -0.05) is 37.6 Å². The Balaban J connectivity index is 1.78. The maximum absolute atomic E-state index is 13.0.